The highest BCUT2D eigenvalue weighted by Gasteiger charge is 2.14. The number of aromatic nitrogens is 1. The maximum atomic E-state index is 6.06. The number of hydrogen-bond acceptors (Lipinski definition) is 2. The van der Waals surface area contributed by atoms with E-state index in [1.54, 1.807) is 12.4 Å². The van der Waals surface area contributed by atoms with E-state index in [9.17, 15) is 0 Å². The molecule has 0 bridgehead atoms. The summed E-state index contributed by atoms with van der Waals surface area (Å²) in [5.74, 6) is 7.44. The lowest BCUT2D eigenvalue weighted by Gasteiger charge is -2.01. The third-order valence-corrected chi connectivity index (χ3v) is 4.18. The van der Waals surface area contributed by atoms with Crippen molar-refractivity contribution in [1.29, 1.82) is 0 Å². The molecule has 0 radical (unpaired) electrons. The van der Waals surface area contributed by atoms with Gasteiger partial charge in [-0.15, -0.1) is 0 Å². The molecule has 2 aromatic carbocycles. The van der Waals surface area contributed by atoms with Crippen LogP contribution in [-0.2, 0) is 6.42 Å². The van der Waals surface area contributed by atoms with Crippen LogP contribution in [0.3, 0.4) is 0 Å². The topological polar surface area (TPSA) is 26.0 Å². The van der Waals surface area contributed by atoms with Gasteiger partial charge >= 0.3 is 0 Å². The van der Waals surface area contributed by atoms with Crippen LogP contribution >= 0.6 is 0 Å². The fourth-order valence-corrected chi connectivity index (χ4v) is 2.98. The van der Waals surface area contributed by atoms with Crippen LogP contribution in [0, 0.1) is 11.8 Å². The number of furan rings is 1. The summed E-state index contributed by atoms with van der Waals surface area (Å²) >= 11 is 0. The van der Waals surface area contributed by atoms with Crippen LogP contribution in [0.5, 0.6) is 0 Å². The largest absolute Gasteiger partial charge is 0.460 e. The zero-order chi connectivity index (χ0) is 17.1. The zero-order valence-electron chi connectivity index (χ0n) is 14.0. The van der Waals surface area contributed by atoms with Gasteiger partial charge in [0.2, 0.25) is 0 Å². The normalized spacial score (nSPS) is 10.4. The first kappa shape index (κ1) is 15.2. The van der Waals surface area contributed by atoms with E-state index in [0.717, 1.165) is 34.3 Å². The molecular weight excluding hydrogens is 306 g/mol. The maximum absolute atomic E-state index is 6.06. The number of rotatable bonds is 2. The zero-order valence-corrected chi connectivity index (χ0v) is 14.0. The van der Waals surface area contributed by atoms with Crippen molar-refractivity contribution in [3.63, 3.8) is 0 Å². The van der Waals surface area contributed by atoms with Crippen LogP contribution in [0.25, 0.3) is 22.1 Å². The quantitative estimate of drug-likeness (QED) is 0.458. The Hall–Kier alpha value is -3.31. The van der Waals surface area contributed by atoms with Gasteiger partial charge in [-0.3, -0.25) is 4.98 Å². The van der Waals surface area contributed by atoms with Gasteiger partial charge in [-0.05, 0) is 35.9 Å². The summed E-state index contributed by atoms with van der Waals surface area (Å²) in [4.78, 5) is 4.02. The van der Waals surface area contributed by atoms with Crippen molar-refractivity contribution in [2.45, 2.75) is 13.3 Å². The van der Waals surface area contributed by atoms with Gasteiger partial charge in [0.25, 0.3) is 0 Å². The summed E-state index contributed by atoms with van der Waals surface area (Å²) in [7, 11) is 0. The minimum Gasteiger partial charge on any atom is -0.460 e. The molecule has 2 heteroatoms. The van der Waals surface area contributed by atoms with Crippen molar-refractivity contribution in [1.82, 2.24) is 4.98 Å². The number of aryl methyl sites for hydroxylation is 1. The molecule has 0 atom stereocenters. The molecule has 2 aromatic heterocycles. The van der Waals surface area contributed by atoms with E-state index in [1.807, 2.05) is 30.3 Å². The van der Waals surface area contributed by atoms with Gasteiger partial charge < -0.3 is 4.42 Å². The molecule has 0 aliphatic carbocycles. The second-order valence-corrected chi connectivity index (χ2v) is 5.82. The first-order valence-electron chi connectivity index (χ1n) is 8.38. The third-order valence-electron chi connectivity index (χ3n) is 4.18. The Bertz CT molecular complexity index is 1070. The van der Waals surface area contributed by atoms with Crippen molar-refractivity contribution in [3.05, 3.63) is 89.9 Å². The predicted molar refractivity (Wildman–Crippen MR) is 101 cm³/mol. The van der Waals surface area contributed by atoms with Crippen LogP contribution in [0.2, 0.25) is 0 Å². The average molecular weight is 323 g/mol. The van der Waals surface area contributed by atoms with Gasteiger partial charge in [-0.25, -0.2) is 0 Å². The molecule has 4 aromatic rings. The van der Waals surface area contributed by atoms with Crippen molar-refractivity contribution < 1.29 is 4.42 Å². The first-order valence-corrected chi connectivity index (χ1v) is 8.38. The monoisotopic (exact) mass is 323 g/mol. The Morgan fingerprint density at radius 3 is 2.40 bits per heavy atom. The van der Waals surface area contributed by atoms with Crippen molar-refractivity contribution >= 4 is 11.0 Å². The van der Waals surface area contributed by atoms with Crippen molar-refractivity contribution in [2.24, 2.45) is 0 Å². The number of benzene rings is 2. The van der Waals surface area contributed by atoms with E-state index in [4.69, 9.17) is 4.42 Å². The van der Waals surface area contributed by atoms with Crippen LogP contribution in [0.1, 0.15) is 23.8 Å². The van der Waals surface area contributed by atoms with Crippen LogP contribution < -0.4 is 0 Å². The van der Waals surface area contributed by atoms with Gasteiger partial charge in [0.05, 0.1) is 0 Å². The Morgan fingerprint density at radius 1 is 0.880 bits per heavy atom. The van der Waals surface area contributed by atoms with E-state index >= 15 is 0 Å². The van der Waals surface area contributed by atoms with Gasteiger partial charge in [-0.1, -0.05) is 49.1 Å². The molecule has 0 fully saturated rings. The molecule has 0 aliphatic heterocycles. The van der Waals surface area contributed by atoms with Gasteiger partial charge in [0, 0.05) is 40.9 Å². The highest BCUT2D eigenvalue weighted by atomic mass is 16.3. The second kappa shape index (κ2) is 6.67. The number of hydrogen-bond donors (Lipinski definition) is 0. The molecule has 0 aliphatic rings. The maximum Gasteiger partial charge on any atom is 0.135 e. The van der Waals surface area contributed by atoms with Gasteiger partial charge in [0.15, 0.2) is 0 Å². The summed E-state index contributed by atoms with van der Waals surface area (Å²) in [5, 5.41) is 1.12. The molecule has 2 heterocycles. The van der Waals surface area contributed by atoms with E-state index in [2.05, 4.69) is 54.1 Å². The molecular formula is C23H17NO. The van der Waals surface area contributed by atoms with Gasteiger partial charge in [0.1, 0.15) is 11.3 Å². The third kappa shape index (κ3) is 3.05. The fraction of sp³-hybridized carbons (Fsp3) is 0.0870. The van der Waals surface area contributed by atoms with E-state index < -0.39 is 0 Å². The lowest BCUT2D eigenvalue weighted by atomic mass is 10.00. The first-order chi connectivity index (χ1) is 12.3. The average Bonchev–Trinajstić information content (AvgIpc) is 3.05. The lowest BCUT2D eigenvalue weighted by molar-refractivity contribution is 0.558. The molecule has 4 rings (SSSR count). The predicted octanol–water partition coefficient (Wildman–Crippen LogP) is 5.46. The Labute approximate surface area is 147 Å². The number of fused-ring (bicyclic) bond motifs is 1. The van der Waals surface area contributed by atoms with E-state index in [0.29, 0.717) is 0 Å². The fourth-order valence-electron chi connectivity index (χ4n) is 2.98. The van der Waals surface area contributed by atoms with Crippen LogP contribution in [-0.4, -0.2) is 4.98 Å². The summed E-state index contributed by atoms with van der Waals surface area (Å²) in [6.45, 7) is 2.12. The summed E-state index contributed by atoms with van der Waals surface area (Å²) < 4.78 is 6.06. The van der Waals surface area contributed by atoms with E-state index in [-0.39, 0.29) is 0 Å². The Balaban J connectivity index is 1.84. The lowest BCUT2D eigenvalue weighted by Crippen LogP contribution is -1.82. The van der Waals surface area contributed by atoms with E-state index in [1.165, 1.54) is 11.1 Å². The standard InChI is InChI=1S/C23H17NO/c1-2-21-23(19-6-4-3-5-7-19)20-16-18(10-11-22(20)25-21)9-8-17-12-14-24-15-13-17/h3-7,10-16H,2H2,1H3. The molecule has 0 saturated heterocycles. The highest BCUT2D eigenvalue weighted by Crippen LogP contribution is 2.35. The summed E-state index contributed by atoms with van der Waals surface area (Å²) in [5.41, 5.74) is 5.19. The highest BCUT2D eigenvalue weighted by molar-refractivity contribution is 5.96. The van der Waals surface area contributed by atoms with Crippen molar-refractivity contribution in [2.75, 3.05) is 0 Å². The number of pyridine rings is 1. The molecule has 0 amide bonds. The smallest absolute Gasteiger partial charge is 0.135 e. The van der Waals surface area contributed by atoms with Gasteiger partial charge in [-0.2, -0.15) is 0 Å². The van der Waals surface area contributed by atoms with Crippen LogP contribution in [0.15, 0.2) is 77.5 Å². The molecule has 120 valence electrons. The molecule has 0 spiro atoms. The molecule has 0 saturated carbocycles. The molecule has 25 heavy (non-hydrogen) atoms. The second-order valence-electron chi connectivity index (χ2n) is 5.82. The number of nitrogens with zero attached hydrogens (tertiary/aromatic N) is 1. The van der Waals surface area contributed by atoms with Crippen LogP contribution in [0.4, 0.5) is 0 Å². The summed E-state index contributed by atoms with van der Waals surface area (Å²) in [6, 6.07) is 20.4. The molecule has 2 nitrogen and oxygen atoms in total. The Kier molecular flexibility index (Phi) is 4.06. The Morgan fingerprint density at radius 2 is 1.64 bits per heavy atom. The van der Waals surface area contributed by atoms with Crippen molar-refractivity contribution in [3.8, 4) is 23.0 Å². The molecule has 0 N–H and O–H groups in total. The SMILES string of the molecule is CCc1oc2ccc(C#Cc3ccncc3)cc2c1-c1ccccc1. The molecule has 0 unspecified atom stereocenters. The summed E-state index contributed by atoms with van der Waals surface area (Å²) in [6.07, 6.45) is 4.37. The minimum atomic E-state index is 0.858. The minimum absolute atomic E-state index is 0.858.